The molecule has 0 saturated carbocycles. The smallest absolute Gasteiger partial charge is 0.237 e. The van der Waals surface area contributed by atoms with Gasteiger partial charge in [-0.05, 0) is 44.5 Å². The van der Waals surface area contributed by atoms with Crippen LogP contribution in [-0.2, 0) is 11.3 Å². The van der Waals surface area contributed by atoms with Crippen molar-refractivity contribution in [3.05, 3.63) is 33.3 Å². The molecule has 0 heterocycles. The molecule has 100 valence electrons. The molecular weight excluding hydrogens is 316 g/mol. The van der Waals surface area contributed by atoms with Gasteiger partial charge in [-0.2, -0.15) is 0 Å². The lowest BCUT2D eigenvalue weighted by Crippen LogP contribution is -2.44. The quantitative estimate of drug-likeness (QED) is 0.869. The summed E-state index contributed by atoms with van der Waals surface area (Å²) >= 11 is 9.48. The number of carbonyl (C=O) groups is 1. The SMILES string of the molecule is CC(C)NC(=O)C(C)NCc1cc(Br)ccc1Cl. The Morgan fingerprint density at radius 2 is 2.06 bits per heavy atom. The van der Waals surface area contributed by atoms with E-state index >= 15 is 0 Å². The molecule has 0 spiro atoms. The van der Waals surface area contributed by atoms with E-state index in [0.717, 1.165) is 10.0 Å². The Kier molecular flexibility index (Phi) is 6.12. The highest BCUT2D eigenvalue weighted by molar-refractivity contribution is 9.10. The first kappa shape index (κ1) is 15.5. The van der Waals surface area contributed by atoms with Crippen LogP contribution in [0.3, 0.4) is 0 Å². The summed E-state index contributed by atoms with van der Waals surface area (Å²) in [6.45, 7) is 6.28. The van der Waals surface area contributed by atoms with E-state index < -0.39 is 0 Å². The van der Waals surface area contributed by atoms with Gasteiger partial charge in [-0.15, -0.1) is 0 Å². The molecule has 0 aliphatic carbocycles. The van der Waals surface area contributed by atoms with Gasteiger partial charge in [0.25, 0.3) is 0 Å². The fourth-order valence-corrected chi connectivity index (χ4v) is 2.04. The van der Waals surface area contributed by atoms with Crippen LogP contribution in [0.2, 0.25) is 5.02 Å². The number of hydrogen-bond donors (Lipinski definition) is 2. The molecule has 5 heteroatoms. The molecule has 1 rings (SSSR count). The molecule has 0 radical (unpaired) electrons. The monoisotopic (exact) mass is 332 g/mol. The van der Waals surface area contributed by atoms with Crippen molar-refractivity contribution in [2.45, 2.75) is 39.4 Å². The first-order valence-corrected chi connectivity index (χ1v) is 7.05. The van der Waals surface area contributed by atoms with Crippen LogP contribution in [0.15, 0.2) is 22.7 Å². The summed E-state index contributed by atoms with van der Waals surface area (Å²) in [7, 11) is 0. The van der Waals surface area contributed by atoms with Gasteiger partial charge in [0.15, 0.2) is 0 Å². The highest BCUT2D eigenvalue weighted by Crippen LogP contribution is 2.20. The van der Waals surface area contributed by atoms with Gasteiger partial charge in [0.1, 0.15) is 0 Å². The van der Waals surface area contributed by atoms with Gasteiger partial charge in [0.2, 0.25) is 5.91 Å². The van der Waals surface area contributed by atoms with Crippen LogP contribution in [0.5, 0.6) is 0 Å². The summed E-state index contributed by atoms with van der Waals surface area (Å²) in [5.41, 5.74) is 0.968. The Hall–Kier alpha value is -0.580. The average Bonchev–Trinajstić information content (AvgIpc) is 2.29. The van der Waals surface area contributed by atoms with Gasteiger partial charge in [-0.1, -0.05) is 27.5 Å². The summed E-state index contributed by atoms with van der Waals surface area (Å²) in [4.78, 5) is 11.7. The predicted octanol–water partition coefficient (Wildman–Crippen LogP) is 3.11. The van der Waals surface area contributed by atoms with E-state index in [0.29, 0.717) is 11.6 Å². The minimum Gasteiger partial charge on any atom is -0.353 e. The summed E-state index contributed by atoms with van der Waals surface area (Å²) in [6.07, 6.45) is 0. The molecule has 1 amide bonds. The molecule has 0 aliphatic heterocycles. The Morgan fingerprint density at radius 3 is 2.67 bits per heavy atom. The van der Waals surface area contributed by atoms with Crippen molar-refractivity contribution in [2.75, 3.05) is 0 Å². The Labute approximate surface area is 121 Å². The van der Waals surface area contributed by atoms with Gasteiger partial charge in [-0.25, -0.2) is 0 Å². The first-order chi connectivity index (χ1) is 8.40. The molecule has 2 N–H and O–H groups in total. The van der Waals surface area contributed by atoms with Crippen LogP contribution >= 0.6 is 27.5 Å². The van der Waals surface area contributed by atoms with Gasteiger partial charge in [-0.3, -0.25) is 4.79 Å². The Bertz CT molecular complexity index is 423. The van der Waals surface area contributed by atoms with E-state index in [1.807, 2.05) is 39.0 Å². The number of carbonyl (C=O) groups excluding carboxylic acids is 1. The van der Waals surface area contributed by atoms with Crippen LogP contribution in [0.1, 0.15) is 26.3 Å². The first-order valence-electron chi connectivity index (χ1n) is 5.88. The zero-order chi connectivity index (χ0) is 13.7. The highest BCUT2D eigenvalue weighted by atomic mass is 79.9. The second-order valence-corrected chi connectivity index (χ2v) is 5.82. The standard InChI is InChI=1S/C13H18BrClN2O/c1-8(2)17-13(18)9(3)16-7-10-6-11(14)4-5-12(10)15/h4-6,8-9,16H,7H2,1-3H3,(H,17,18). The second-order valence-electron chi connectivity index (χ2n) is 4.50. The highest BCUT2D eigenvalue weighted by Gasteiger charge is 2.13. The number of hydrogen-bond acceptors (Lipinski definition) is 2. The fraction of sp³-hybridized carbons (Fsp3) is 0.462. The van der Waals surface area contributed by atoms with Gasteiger partial charge >= 0.3 is 0 Å². The summed E-state index contributed by atoms with van der Waals surface area (Å²) in [6, 6.07) is 5.57. The molecule has 0 saturated heterocycles. The van der Waals surface area contributed by atoms with Crippen molar-refractivity contribution in [2.24, 2.45) is 0 Å². The molecule has 1 unspecified atom stereocenters. The average molecular weight is 334 g/mol. The van der Waals surface area contributed by atoms with Crippen molar-refractivity contribution in [3.8, 4) is 0 Å². The lowest BCUT2D eigenvalue weighted by molar-refractivity contribution is -0.123. The van der Waals surface area contributed by atoms with Crippen molar-refractivity contribution < 1.29 is 4.79 Å². The van der Waals surface area contributed by atoms with Gasteiger partial charge < -0.3 is 10.6 Å². The Balaban J connectivity index is 2.54. The van der Waals surface area contributed by atoms with E-state index in [9.17, 15) is 4.79 Å². The molecule has 1 aromatic carbocycles. The maximum absolute atomic E-state index is 11.7. The maximum atomic E-state index is 11.7. The third-order valence-electron chi connectivity index (χ3n) is 2.43. The Morgan fingerprint density at radius 1 is 1.39 bits per heavy atom. The van der Waals surface area contributed by atoms with Crippen LogP contribution in [0.4, 0.5) is 0 Å². The minimum absolute atomic E-state index is 0.00359. The molecule has 1 atom stereocenters. The molecule has 0 fully saturated rings. The normalized spacial score (nSPS) is 12.6. The van der Waals surface area contributed by atoms with Crippen molar-refractivity contribution in [3.63, 3.8) is 0 Å². The third-order valence-corrected chi connectivity index (χ3v) is 3.29. The molecular formula is C13H18BrClN2O. The molecule has 3 nitrogen and oxygen atoms in total. The molecule has 0 aromatic heterocycles. The van der Waals surface area contributed by atoms with Crippen LogP contribution in [0, 0.1) is 0 Å². The maximum Gasteiger partial charge on any atom is 0.237 e. The van der Waals surface area contributed by atoms with Crippen LogP contribution < -0.4 is 10.6 Å². The zero-order valence-corrected chi connectivity index (χ0v) is 13.1. The predicted molar refractivity (Wildman–Crippen MR) is 78.7 cm³/mol. The summed E-state index contributed by atoms with van der Waals surface area (Å²) < 4.78 is 0.975. The topological polar surface area (TPSA) is 41.1 Å². The van der Waals surface area contributed by atoms with E-state index in [1.54, 1.807) is 0 Å². The van der Waals surface area contributed by atoms with E-state index in [-0.39, 0.29) is 18.0 Å². The van der Waals surface area contributed by atoms with E-state index in [2.05, 4.69) is 26.6 Å². The molecule has 18 heavy (non-hydrogen) atoms. The number of nitrogens with one attached hydrogen (secondary N) is 2. The fourth-order valence-electron chi connectivity index (χ4n) is 1.44. The minimum atomic E-state index is -0.248. The van der Waals surface area contributed by atoms with Crippen molar-refractivity contribution in [1.82, 2.24) is 10.6 Å². The number of benzene rings is 1. The van der Waals surface area contributed by atoms with E-state index in [1.165, 1.54) is 0 Å². The second kappa shape index (κ2) is 7.12. The van der Waals surface area contributed by atoms with Gasteiger partial charge in [0.05, 0.1) is 6.04 Å². The van der Waals surface area contributed by atoms with Crippen molar-refractivity contribution in [1.29, 1.82) is 0 Å². The lowest BCUT2D eigenvalue weighted by Gasteiger charge is -2.16. The van der Waals surface area contributed by atoms with Crippen LogP contribution in [-0.4, -0.2) is 18.0 Å². The zero-order valence-electron chi connectivity index (χ0n) is 10.8. The number of halogens is 2. The van der Waals surface area contributed by atoms with Gasteiger partial charge in [0, 0.05) is 22.1 Å². The number of rotatable bonds is 5. The third kappa shape index (κ3) is 4.96. The van der Waals surface area contributed by atoms with Crippen molar-refractivity contribution >= 4 is 33.4 Å². The largest absolute Gasteiger partial charge is 0.353 e. The summed E-state index contributed by atoms with van der Waals surface area (Å²) in [5, 5.41) is 6.71. The summed E-state index contributed by atoms with van der Waals surface area (Å²) in [5.74, 6) is -0.00359. The molecule has 0 aliphatic rings. The molecule has 1 aromatic rings. The van der Waals surface area contributed by atoms with E-state index in [4.69, 9.17) is 11.6 Å². The molecule has 0 bridgehead atoms. The lowest BCUT2D eigenvalue weighted by atomic mass is 10.2. The van der Waals surface area contributed by atoms with Crippen LogP contribution in [0.25, 0.3) is 0 Å². The number of amides is 1.